The molecule has 1 unspecified atom stereocenters. The van der Waals surface area contributed by atoms with E-state index in [-0.39, 0.29) is 6.61 Å². The molecule has 0 saturated carbocycles. The fourth-order valence-corrected chi connectivity index (χ4v) is 0.969. The number of unbranched alkanes of at least 4 members (excludes halogenated alkanes) is 1. The second kappa shape index (κ2) is 12.4. The molecule has 0 aromatic heterocycles. The van der Waals surface area contributed by atoms with Crippen molar-refractivity contribution in [2.24, 2.45) is 5.92 Å². The first-order valence-corrected chi connectivity index (χ1v) is 4.99. The van der Waals surface area contributed by atoms with E-state index < -0.39 is 5.97 Å². The van der Waals surface area contributed by atoms with Gasteiger partial charge in [-0.1, -0.05) is 19.8 Å². The molecule has 0 aromatic rings. The zero-order chi connectivity index (χ0) is 11.4. The number of carboxylic acids is 1. The van der Waals surface area contributed by atoms with Gasteiger partial charge in [0.2, 0.25) is 0 Å². The van der Waals surface area contributed by atoms with Crippen LogP contribution in [0.5, 0.6) is 0 Å². The molecule has 0 saturated heterocycles. The molecule has 0 fully saturated rings. The molecule has 0 amide bonds. The molecule has 0 radical (unpaired) electrons. The molecule has 4 nitrogen and oxygen atoms in total. The average Bonchev–Trinajstić information content (AvgIpc) is 2.12. The van der Waals surface area contributed by atoms with E-state index in [0.717, 1.165) is 32.6 Å². The molecule has 86 valence electrons. The molecule has 0 spiro atoms. The van der Waals surface area contributed by atoms with Crippen molar-refractivity contribution in [1.82, 2.24) is 0 Å². The number of carboxylic acid groups (broad SMARTS) is 1. The van der Waals surface area contributed by atoms with Crippen LogP contribution in [0.1, 0.15) is 39.5 Å². The van der Waals surface area contributed by atoms with Crippen molar-refractivity contribution >= 4 is 5.97 Å². The molecule has 4 heteroatoms. The first-order valence-electron chi connectivity index (χ1n) is 4.99. The lowest BCUT2D eigenvalue weighted by Crippen LogP contribution is -2.04. The second-order valence-corrected chi connectivity index (χ2v) is 3.20. The minimum Gasteiger partial charge on any atom is -0.481 e. The number of carbonyl (C=O) groups is 1. The van der Waals surface area contributed by atoms with Crippen LogP contribution >= 0.6 is 0 Å². The lowest BCUT2D eigenvalue weighted by atomic mass is 10.0. The summed E-state index contributed by atoms with van der Waals surface area (Å²) in [5, 5.41) is 24.6. The van der Waals surface area contributed by atoms with Crippen molar-refractivity contribution in [1.29, 1.82) is 0 Å². The third-order valence-electron chi connectivity index (χ3n) is 1.86. The van der Waals surface area contributed by atoms with Gasteiger partial charge in [-0.15, -0.1) is 0 Å². The lowest BCUT2D eigenvalue weighted by molar-refractivity contribution is -0.134. The SMILES string of the molecule is CC(=O)O.CCC(CO)CCCCO. The Labute approximate surface area is 85.6 Å². The molecule has 0 aliphatic heterocycles. The molecule has 1 atom stereocenters. The Balaban J connectivity index is 0. The van der Waals surface area contributed by atoms with E-state index in [0.29, 0.717) is 12.5 Å². The van der Waals surface area contributed by atoms with Crippen LogP contribution in [0.4, 0.5) is 0 Å². The maximum atomic E-state index is 9.00. The predicted molar refractivity (Wildman–Crippen MR) is 55.1 cm³/mol. The summed E-state index contributed by atoms with van der Waals surface area (Å²) in [6, 6.07) is 0. The molecule has 14 heavy (non-hydrogen) atoms. The molecule has 3 N–H and O–H groups in total. The summed E-state index contributed by atoms with van der Waals surface area (Å²) in [6.07, 6.45) is 4.00. The number of aliphatic hydroxyl groups excluding tert-OH is 2. The lowest BCUT2D eigenvalue weighted by Gasteiger charge is -2.09. The van der Waals surface area contributed by atoms with Crippen LogP contribution in [0.25, 0.3) is 0 Å². The summed E-state index contributed by atoms with van der Waals surface area (Å²) in [5.74, 6) is -0.383. The van der Waals surface area contributed by atoms with E-state index in [2.05, 4.69) is 6.92 Å². The Morgan fingerprint density at radius 1 is 1.29 bits per heavy atom. The Morgan fingerprint density at radius 2 is 1.79 bits per heavy atom. The zero-order valence-corrected chi connectivity index (χ0v) is 9.07. The van der Waals surface area contributed by atoms with Gasteiger partial charge in [0.15, 0.2) is 0 Å². The minimum absolute atomic E-state index is 0.280. The van der Waals surface area contributed by atoms with Crippen molar-refractivity contribution in [3.8, 4) is 0 Å². The Bertz CT molecular complexity index is 117. The summed E-state index contributed by atoms with van der Waals surface area (Å²) in [7, 11) is 0. The van der Waals surface area contributed by atoms with E-state index >= 15 is 0 Å². The summed E-state index contributed by atoms with van der Waals surface area (Å²) < 4.78 is 0. The smallest absolute Gasteiger partial charge is 0.300 e. The van der Waals surface area contributed by atoms with Gasteiger partial charge in [-0.3, -0.25) is 4.79 Å². The number of hydrogen-bond donors (Lipinski definition) is 3. The molecule has 0 heterocycles. The first-order chi connectivity index (χ1) is 6.58. The Hall–Kier alpha value is -0.610. The van der Waals surface area contributed by atoms with E-state index in [9.17, 15) is 0 Å². The van der Waals surface area contributed by atoms with Gasteiger partial charge in [0.25, 0.3) is 5.97 Å². The quantitative estimate of drug-likeness (QED) is 0.572. The highest BCUT2D eigenvalue weighted by atomic mass is 16.4. The van der Waals surface area contributed by atoms with Crippen molar-refractivity contribution in [3.05, 3.63) is 0 Å². The summed E-state index contributed by atoms with van der Waals surface area (Å²) >= 11 is 0. The first kappa shape index (κ1) is 15.8. The van der Waals surface area contributed by atoms with Gasteiger partial charge in [-0.2, -0.15) is 0 Å². The van der Waals surface area contributed by atoms with Gasteiger partial charge >= 0.3 is 0 Å². The fourth-order valence-electron chi connectivity index (χ4n) is 0.969. The van der Waals surface area contributed by atoms with E-state index in [1.165, 1.54) is 0 Å². The third kappa shape index (κ3) is 17.5. The van der Waals surface area contributed by atoms with Gasteiger partial charge in [0.1, 0.15) is 0 Å². The van der Waals surface area contributed by atoms with Crippen LogP contribution in [0.2, 0.25) is 0 Å². The standard InChI is InChI=1S/C8H18O2.C2H4O2/c1-2-8(7-10)5-3-4-6-9;1-2(3)4/h8-10H,2-7H2,1H3;1H3,(H,3,4). The average molecular weight is 206 g/mol. The van der Waals surface area contributed by atoms with E-state index in [4.69, 9.17) is 20.1 Å². The van der Waals surface area contributed by atoms with Crippen LogP contribution < -0.4 is 0 Å². The summed E-state index contributed by atoms with van der Waals surface area (Å²) in [4.78, 5) is 9.00. The normalized spacial score (nSPS) is 11.4. The van der Waals surface area contributed by atoms with E-state index in [1.54, 1.807) is 0 Å². The number of hydrogen-bond acceptors (Lipinski definition) is 3. The number of aliphatic carboxylic acids is 1. The van der Waals surface area contributed by atoms with Gasteiger partial charge < -0.3 is 15.3 Å². The highest BCUT2D eigenvalue weighted by Crippen LogP contribution is 2.10. The molecule has 0 aliphatic rings. The van der Waals surface area contributed by atoms with Crippen molar-refractivity contribution in [2.45, 2.75) is 39.5 Å². The largest absolute Gasteiger partial charge is 0.481 e. The molecular weight excluding hydrogens is 184 g/mol. The fraction of sp³-hybridized carbons (Fsp3) is 0.900. The van der Waals surface area contributed by atoms with Crippen LogP contribution in [-0.2, 0) is 4.79 Å². The molecular formula is C10H22O4. The predicted octanol–water partition coefficient (Wildman–Crippen LogP) is 1.26. The maximum Gasteiger partial charge on any atom is 0.300 e. The van der Waals surface area contributed by atoms with Gasteiger partial charge in [0.05, 0.1) is 0 Å². The minimum atomic E-state index is -0.833. The number of rotatable bonds is 6. The summed E-state index contributed by atoms with van der Waals surface area (Å²) in [5.41, 5.74) is 0. The summed E-state index contributed by atoms with van der Waals surface area (Å²) in [6.45, 7) is 3.74. The Kier molecular flexibility index (Phi) is 14.0. The molecule has 0 aliphatic carbocycles. The second-order valence-electron chi connectivity index (χ2n) is 3.20. The van der Waals surface area contributed by atoms with Gasteiger partial charge in [0, 0.05) is 20.1 Å². The van der Waals surface area contributed by atoms with Crippen molar-refractivity contribution in [2.75, 3.05) is 13.2 Å². The Morgan fingerprint density at radius 3 is 2.07 bits per heavy atom. The topological polar surface area (TPSA) is 77.8 Å². The highest BCUT2D eigenvalue weighted by Gasteiger charge is 2.02. The van der Waals surface area contributed by atoms with Crippen LogP contribution in [0.3, 0.4) is 0 Å². The monoisotopic (exact) mass is 206 g/mol. The van der Waals surface area contributed by atoms with E-state index in [1.807, 2.05) is 0 Å². The van der Waals surface area contributed by atoms with Gasteiger partial charge in [-0.25, -0.2) is 0 Å². The van der Waals surface area contributed by atoms with Crippen LogP contribution in [0.15, 0.2) is 0 Å². The molecule has 0 rings (SSSR count). The number of aliphatic hydroxyl groups is 2. The molecule has 0 bridgehead atoms. The maximum absolute atomic E-state index is 9.00. The van der Waals surface area contributed by atoms with Crippen LogP contribution in [-0.4, -0.2) is 34.5 Å². The van der Waals surface area contributed by atoms with Crippen molar-refractivity contribution < 1.29 is 20.1 Å². The molecule has 0 aromatic carbocycles. The highest BCUT2D eigenvalue weighted by molar-refractivity contribution is 5.62. The van der Waals surface area contributed by atoms with Crippen molar-refractivity contribution in [3.63, 3.8) is 0 Å². The van der Waals surface area contributed by atoms with Crippen LogP contribution in [0, 0.1) is 5.92 Å². The zero-order valence-electron chi connectivity index (χ0n) is 9.07. The third-order valence-corrected chi connectivity index (χ3v) is 1.86. The van der Waals surface area contributed by atoms with Gasteiger partial charge in [-0.05, 0) is 18.8 Å².